The maximum atomic E-state index is 12.7. The highest BCUT2D eigenvalue weighted by Crippen LogP contribution is 2.33. The van der Waals surface area contributed by atoms with Gasteiger partial charge in [-0.25, -0.2) is 0 Å². The van der Waals surface area contributed by atoms with E-state index in [1.807, 2.05) is 12.1 Å². The average molecular weight is 466 g/mol. The Hall–Kier alpha value is -3.51. The maximum absolute atomic E-state index is 12.7. The first-order valence-electron chi connectivity index (χ1n) is 10.5. The predicted molar refractivity (Wildman–Crippen MR) is 125 cm³/mol. The van der Waals surface area contributed by atoms with E-state index in [1.54, 1.807) is 67.7 Å². The number of hydrogen-bond donors (Lipinski definition) is 0. The van der Waals surface area contributed by atoms with Gasteiger partial charge in [-0.05, 0) is 78.2 Å². The molecule has 0 saturated heterocycles. The highest BCUT2D eigenvalue weighted by molar-refractivity contribution is 6.30. The summed E-state index contributed by atoms with van der Waals surface area (Å²) < 4.78 is 16.4. The minimum Gasteiger partial charge on any atom is -0.493 e. The third-order valence-corrected chi connectivity index (χ3v) is 5.91. The zero-order valence-electron chi connectivity index (χ0n) is 18.5. The summed E-state index contributed by atoms with van der Waals surface area (Å²) in [6.45, 7) is 1.03. The second-order valence-electron chi connectivity index (χ2n) is 7.69. The quantitative estimate of drug-likeness (QED) is 0.479. The van der Waals surface area contributed by atoms with E-state index in [0.717, 1.165) is 17.5 Å². The van der Waals surface area contributed by atoms with Gasteiger partial charge in [-0.1, -0.05) is 11.6 Å². The third-order valence-electron chi connectivity index (χ3n) is 5.66. The van der Waals surface area contributed by atoms with Gasteiger partial charge in [0.05, 0.1) is 14.2 Å². The Morgan fingerprint density at radius 1 is 0.879 bits per heavy atom. The van der Waals surface area contributed by atoms with Gasteiger partial charge in [0.2, 0.25) is 0 Å². The summed E-state index contributed by atoms with van der Waals surface area (Å²) in [5.74, 6) is 1.66. The molecule has 4 rings (SSSR count). The van der Waals surface area contributed by atoms with Gasteiger partial charge >= 0.3 is 0 Å². The van der Waals surface area contributed by atoms with Crippen molar-refractivity contribution in [2.75, 3.05) is 27.4 Å². The van der Waals surface area contributed by atoms with Crippen LogP contribution in [0.4, 0.5) is 0 Å². The van der Waals surface area contributed by atoms with Gasteiger partial charge in [0.25, 0.3) is 5.91 Å². The summed E-state index contributed by atoms with van der Waals surface area (Å²) in [7, 11) is 3.21. The fraction of sp³-hybridized carbons (Fsp3) is 0.231. The number of methoxy groups -OCH3 is 2. The molecule has 1 aliphatic heterocycles. The van der Waals surface area contributed by atoms with E-state index >= 15 is 0 Å². The summed E-state index contributed by atoms with van der Waals surface area (Å²) in [5, 5.41) is 0.580. The molecule has 0 saturated carbocycles. The topological polar surface area (TPSA) is 65.1 Å². The van der Waals surface area contributed by atoms with Gasteiger partial charge in [0, 0.05) is 29.2 Å². The molecule has 0 unspecified atom stereocenters. The van der Waals surface area contributed by atoms with Crippen LogP contribution >= 0.6 is 11.6 Å². The number of hydrogen-bond acceptors (Lipinski definition) is 5. The van der Waals surface area contributed by atoms with Gasteiger partial charge in [0.1, 0.15) is 5.75 Å². The van der Waals surface area contributed by atoms with E-state index in [9.17, 15) is 9.59 Å². The first kappa shape index (κ1) is 22.7. The van der Waals surface area contributed by atoms with E-state index < -0.39 is 0 Å². The molecule has 0 bridgehead atoms. The molecule has 0 aromatic heterocycles. The van der Waals surface area contributed by atoms with Crippen molar-refractivity contribution in [2.24, 2.45) is 0 Å². The number of ether oxygens (including phenoxy) is 3. The molecule has 1 heterocycles. The summed E-state index contributed by atoms with van der Waals surface area (Å²) >= 11 is 5.88. The van der Waals surface area contributed by atoms with E-state index in [-0.39, 0.29) is 18.3 Å². The SMILES string of the molecule is COc1cc2c(cc1OC)CN(C(=O)COc1ccc(C(=O)c3ccc(Cl)cc3)cc1)CC2. The molecule has 33 heavy (non-hydrogen) atoms. The van der Waals surface area contributed by atoms with E-state index in [1.165, 1.54) is 0 Å². The average Bonchev–Trinajstić information content (AvgIpc) is 2.86. The minimum atomic E-state index is -0.103. The standard InChI is InChI=1S/C26H24ClNO5/c1-31-23-13-19-11-12-28(15-20(19)14-24(23)32-2)25(29)16-33-22-9-5-18(6-10-22)26(30)17-3-7-21(27)8-4-17/h3-10,13-14H,11-12,15-16H2,1-2H3. The van der Waals surface area contributed by atoms with Gasteiger partial charge in [-0.2, -0.15) is 0 Å². The summed E-state index contributed by atoms with van der Waals surface area (Å²) in [6.07, 6.45) is 0.739. The predicted octanol–water partition coefficient (Wildman–Crippen LogP) is 4.55. The van der Waals surface area contributed by atoms with Crippen molar-refractivity contribution in [3.63, 3.8) is 0 Å². The number of nitrogens with zero attached hydrogens (tertiary/aromatic N) is 1. The molecule has 0 aliphatic carbocycles. The molecule has 0 fully saturated rings. The van der Waals surface area contributed by atoms with Crippen molar-refractivity contribution in [1.82, 2.24) is 4.90 Å². The Morgan fingerprint density at radius 2 is 1.45 bits per heavy atom. The fourth-order valence-electron chi connectivity index (χ4n) is 3.80. The second-order valence-corrected chi connectivity index (χ2v) is 8.13. The molecule has 3 aromatic carbocycles. The largest absolute Gasteiger partial charge is 0.493 e. The molecule has 0 atom stereocenters. The van der Waals surface area contributed by atoms with Crippen LogP contribution in [0.5, 0.6) is 17.2 Å². The Kier molecular flexibility index (Phi) is 6.84. The van der Waals surface area contributed by atoms with E-state index in [4.69, 9.17) is 25.8 Å². The smallest absolute Gasteiger partial charge is 0.260 e. The lowest BCUT2D eigenvalue weighted by Crippen LogP contribution is -2.38. The summed E-state index contributed by atoms with van der Waals surface area (Å²) in [6, 6.07) is 17.4. The summed E-state index contributed by atoms with van der Waals surface area (Å²) in [5.41, 5.74) is 3.28. The Bertz CT molecular complexity index is 1160. The van der Waals surface area contributed by atoms with Crippen LogP contribution in [-0.4, -0.2) is 44.0 Å². The lowest BCUT2D eigenvalue weighted by atomic mass is 9.99. The summed E-state index contributed by atoms with van der Waals surface area (Å²) in [4.78, 5) is 27.1. The number of fused-ring (bicyclic) bond motifs is 1. The number of carbonyl (C=O) groups excluding carboxylic acids is 2. The van der Waals surface area contributed by atoms with Crippen LogP contribution in [0.2, 0.25) is 5.02 Å². The maximum Gasteiger partial charge on any atom is 0.260 e. The molecule has 1 amide bonds. The Labute approximate surface area is 197 Å². The van der Waals surface area contributed by atoms with Crippen LogP contribution in [0.3, 0.4) is 0 Å². The third kappa shape index (κ3) is 5.12. The lowest BCUT2D eigenvalue weighted by Gasteiger charge is -2.29. The van der Waals surface area contributed by atoms with E-state index in [0.29, 0.717) is 46.5 Å². The van der Waals surface area contributed by atoms with Gasteiger partial charge in [-0.15, -0.1) is 0 Å². The second kappa shape index (κ2) is 9.96. The lowest BCUT2D eigenvalue weighted by molar-refractivity contribution is -0.134. The van der Waals surface area contributed by atoms with Gasteiger partial charge < -0.3 is 19.1 Å². The number of carbonyl (C=O) groups is 2. The first-order valence-corrected chi connectivity index (χ1v) is 10.9. The van der Waals surface area contributed by atoms with Gasteiger partial charge in [0.15, 0.2) is 23.9 Å². The van der Waals surface area contributed by atoms with Crippen molar-refractivity contribution in [3.05, 3.63) is 87.9 Å². The molecule has 7 heteroatoms. The molecule has 0 spiro atoms. The molecular formula is C26H24ClNO5. The van der Waals surface area contributed by atoms with Crippen LogP contribution in [0, 0.1) is 0 Å². The van der Waals surface area contributed by atoms with Crippen LogP contribution in [0.25, 0.3) is 0 Å². The highest BCUT2D eigenvalue weighted by Gasteiger charge is 2.23. The van der Waals surface area contributed by atoms with E-state index in [2.05, 4.69) is 0 Å². The first-order chi connectivity index (χ1) is 16.0. The minimum absolute atomic E-state index is 0.0763. The van der Waals surface area contributed by atoms with Crippen molar-refractivity contribution < 1.29 is 23.8 Å². The number of halogens is 1. The molecule has 3 aromatic rings. The number of ketones is 1. The molecule has 6 nitrogen and oxygen atoms in total. The molecule has 1 aliphatic rings. The Morgan fingerprint density at radius 3 is 2.06 bits per heavy atom. The normalized spacial score (nSPS) is 12.6. The van der Waals surface area contributed by atoms with Crippen molar-refractivity contribution in [1.29, 1.82) is 0 Å². The number of rotatable bonds is 7. The number of benzene rings is 3. The van der Waals surface area contributed by atoms with Crippen molar-refractivity contribution in [3.8, 4) is 17.2 Å². The molecule has 0 radical (unpaired) electrons. The Balaban J connectivity index is 1.35. The van der Waals surface area contributed by atoms with Crippen LogP contribution < -0.4 is 14.2 Å². The monoisotopic (exact) mass is 465 g/mol. The van der Waals surface area contributed by atoms with Crippen LogP contribution in [-0.2, 0) is 17.8 Å². The molecule has 0 N–H and O–H groups in total. The van der Waals surface area contributed by atoms with Gasteiger partial charge in [-0.3, -0.25) is 9.59 Å². The van der Waals surface area contributed by atoms with Crippen LogP contribution in [0.15, 0.2) is 60.7 Å². The molecular weight excluding hydrogens is 442 g/mol. The zero-order chi connectivity index (χ0) is 23.4. The molecule has 170 valence electrons. The fourth-order valence-corrected chi connectivity index (χ4v) is 3.93. The number of amides is 1. The highest BCUT2D eigenvalue weighted by atomic mass is 35.5. The zero-order valence-corrected chi connectivity index (χ0v) is 19.2. The van der Waals surface area contributed by atoms with Crippen molar-refractivity contribution in [2.45, 2.75) is 13.0 Å². The van der Waals surface area contributed by atoms with Crippen LogP contribution in [0.1, 0.15) is 27.0 Å². The van der Waals surface area contributed by atoms with Crippen molar-refractivity contribution >= 4 is 23.3 Å².